The summed E-state index contributed by atoms with van der Waals surface area (Å²) < 4.78 is 0. The second-order valence-electron chi connectivity index (χ2n) is 4.25. The maximum absolute atomic E-state index is 5.84. The van der Waals surface area contributed by atoms with Gasteiger partial charge in [-0.1, -0.05) is 13.8 Å². The number of quaternary nitrogens is 1. The molecule has 2 heteroatoms. The molecule has 0 aromatic carbocycles. The van der Waals surface area contributed by atoms with Crippen molar-refractivity contribution in [3.8, 4) is 0 Å². The first kappa shape index (κ1) is 11.9. The Morgan fingerprint density at radius 3 is 1.67 bits per heavy atom. The molecule has 0 fully saturated rings. The van der Waals surface area contributed by atoms with Crippen molar-refractivity contribution in [2.24, 2.45) is 0 Å². The van der Waals surface area contributed by atoms with E-state index in [1.165, 1.54) is 17.9 Å². The Kier molecular flexibility index (Phi) is 5.51. The molecule has 0 aliphatic rings. The highest BCUT2D eigenvalue weighted by molar-refractivity contribution is 4.54. The highest BCUT2D eigenvalue weighted by Gasteiger charge is 2.19. The van der Waals surface area contributed by atoms with Crippen LogP contribution < -0.4 is 5.06 Å². The number of rotatable bonds is 5. The highest BCUT2D eigenvalue weighted by Crippen LogP contribution is 2.01. The summed E-state index contributed by atoms with van der Waals surface area (Å²) in [4.78, 5) is 5.84. The number of hydrogen-bond acceptors (Lipinski definition) is 1. The summed E-state index contributed by atoms with van der Waals surface area (Å²) in [5.74, 6) is 0. The van der Waals surface area contributed by atoms with Crippen LogP contribution in [0.1, 0.15) is 47.5 Å². The average molecular weight is 174 g/mol. The van der Waals surface area contributed by atoms with Crippen molar-refractivity contribution in [1.29, 1.82) is 0 Å². The molecule has 0 atom stereocenters. The first-order valence-corrected chi connectivity index (χ1v) is 5.03. The molecule has 2 nitrogen and oxygen atoms in total. The summed E-state index contributed by atoms with van der Waals surface area (Å²) in [6.45, 7) is 13.0. The van der Waals surface area contributed by atoms with Crippen molar-refractivity contribution in [1.82, 2.24) is 0 Å². The Morgan fingerprint density at radius 2 is 1.42 bits per heavy atom. The Bertz CT molecular complexity index is 101. The zero-order valence-electron chi connectivity index (χ0n) is 9.24. The first-order chi connectivity index (χ1) is 5.49. The van der Waals surface area contributed by atoms with Gasteiger partial charge in [0.25, 0.3) is 0 Å². The first-order valence-electron chi connectivity index (χ1n) is 5.03. The van der Waals surface area contributed by atoms with Crippen LogP contribution in [0.15, 0.2) is 0 Å². The molecule has 0 saturated heterocycles. The maximum Gasteiger partial charge on any atom is 0.119 e. The lowest BCUT2D eigenvalue weighted by Crippen LogP contribution is -3.12. The molecule has 0 amide bonds. The van der Waals surface area contributed by atoms with Crippen molar-refractivity contribution in [3.63, 3.8) is 0 Å². The molecule has 0 aliphatic carbocycles. The minimum absolute atomic E-state index is 0.0142. The van der Waals surface area contributed by atoms with E-state index in [2.05, 4.69) is 34.6 Å². The van der Waals surface area contributed by atoms with Gasteiger partial charge in [-0.05, 0) is 33.6 Å². The van der Waals surface area contributed by atoms with Crippen LogP contribution in [0.3, 0.4) is 0 Å². The van der Waals surface area contributed by atoms with Gasteiger partial charge in [-0.3, -0.25) is 0 Å². The smallest absolute Gasteiger partial charge is 0.119 e. The van der Waals surface area contributed by atoms with Crippen molar-refractivity contribution in [2.75, 3.05) is 13.1 Å². The molecule has 1 N–H and O–H groups in total. The van der Waals surface area contributed by atoms with Gasteiger partial charge in [0, 0.05) is 0 Å². The van der Waals surface area contributed by atoms with Crippen LogP contribution in [0.5, 0.6) is 0 Å². The number of hydrogen-bond donors (Lipinski definition) is 1. The Hall–Kier alpha value is -0.0800. The second-order valence-corrected chi connectivity index (χ2v) is 4.25. The van der Waals surface area contributed by atoms with Crippen LogP contribution >= 0.6 is 0 Å². The van der Waals surface area contributed by atoms with Crippen LogP contribution in [0.4, 0.5) is 0 Å². The molecule has 0 heterocycles. The minimum atomic E-state index is -0.0142. The summed E-state index contributed by atoms with van der Waals surface area (Å²) >= 11 is 0. The largest absolute Gasteiger partial charge is 0.199 e. The van der Waals surface area contributed by atoms with E-state index in [-0.39, 0.29) is 5.60 Å². The molecule has 0 spiro atoms. The van der Waals surface area contributed by atoms with E-state index in [4.69, 9.17) is 4.84 Å². The van der Waals surface area contributed by atoms with Crippen molar-refractivity contribution in [3.05, 3.63) is 0 Å². The molecule has 0 aromatic rings. The van der Waals surface area contributed by atoms with Gasteiger partial charge in [0.2, 0.25) is 0 Å². The lowest BCUT2D eigenvalue weighted by molar-refractivity contribution is -1.10. The molecular weight excluding hydrogens is 150 g/mol. The summed E-state index contributed by atoms with van der Waals surface area (Å²) in [5, 5.41) is 1.27. The Balaban J connectivity index is 3.77. The van der Waals surface area contributed by atoms with Gasteiger partial charge >= 0.3 is 0 Å². The van der Waals surface area contributed by atoms with Gasteiger partial charge in [-0.2, -0.15) is 9.90 Å². The van der Waals surface area contributed by atoms with Crippen LogP contribution in [-0.2, 0) is 4.84 Å². The zero-order chi connectivity index (χ0) is 9.61. The third-order valence-electron chi connectivity index (χ3n) is 1.51. The van der Waals surface area contributed by atoms with E-state index in [0.717, 1.165) is 13.1 Å². The van der Waals surface area contributed by atoms with Gasteiger partial charge in [0.1, 0.15) is 18.7 Å². The minimum Gasteiger partial charge on any atom is -0.199 e. The van der Waals surface area contributed by atoms with Crippen LogP contribution in [0, 0.1) is 0 Å². The third-order valence-corrected chi connectivity index (χ3v) is 1.51. The zero-order valence-corrected chi connectivity index (χ0v) is 9.24. The lowest BCUT2D eigenvalue weighted by atomic mass is 10.2. The third kappa shape index (κ3) is 6.62. The maximum atomic E-state index is 5.84. The number of nitrogens with one attached hydrogen (secondary N) is 1. The topological polar surface area (TPSA) is 13.7 Å². The van der Waals surface area contributed by atoms with Gasteiger partial charge in [0.05, 0.1) is 0 Å². The molecule has 0 unspecified atom stereocenters. The molecular formula is C10H24NO+. The molecule has 0 aliphatic heterocycles. The fourth-order valence-corrected chi connectivity index (χ4v) is 1.22. The van der Waals surface area contributed by atoms with E-state index in [1.54, 1.807) is 0 Å². The van der Waals surface area contributed by atoms with E-state index < -0.39 is 0 Å². The van der Waals surface area contributed by atoms with Crippen LogP contribution in [0.2, 0.25) is 0 Å². The quantitative estimate of drug-likeness (QED) is 0.622. The normalized spacial score (nSPS) is 12.5. The predicted octanol–water partition coefficient (Wildman–Crippen LogP) is 1.42. The van der Waals surface area contributed by atoms with Gasteiger partial charge in [0.15, 0.2) is 0 Å². The number of hydroxylamine groups is 2. The fourth-order valence-electron chi connectivity index (χ4n) is 1.22. The highest BCUT2D eigenvalue weighted by atomic mass is 16.7. The molecule has 0 saturated carbocycles. The molecule has 0 radical (unpaired) electrons. The summed E-state index contributed by atoms with van der Waals surface area (Å²) in [6, 6.07) is 0. The standard InChI is InChI=1S/C10H23NO/c1-6-8-11(9-7-2)12-10(3,4)5/h6-9H2,1-5H3/p+1. The summed E-state index contributed by atoms with van der Waals surface area (Å²) in [5.41, 5.74) is -0.0142. The molecule has 12 heavy (non-hydrogen) atoms. The fraction of sp³-hybridized carbons (Fsp3) is 1.00. The van der Waals surface area contributed by atoms with Crippen molar-refractivity contribution in [2.45, 2.75) is 53.1 Å². The molecule has 74 valence electrons. The molecule has 0 bridgehead atoms. The van der Waals surface area contributed by atoms with Crippen molar-refractivity contribution >= 4 is 0 Å². The van der Waals surface area contributed by atoms with E-state index in [1.807, 2.05) is 0 Å². The Morgan fingerprint density at radius 1 is 1.00 bits per heavy atom. The van der Waals surface area contributed by atoms with Gasteiger partial charge in [-0.15, -0.1) is 0 Å². The van der Waals surface area contributed by atoms with Crippen LogP contribution in [-0.4, -0.2) is 18.7 Å². The SMILES string of the molecule is CCC[NH+](CCC)OC(C)(C)C. The van der Waals surface area contributed by atoms with E-state index >= 15 is 0 Å². The van der Waals surface area contributed by atoms with Crippen LogP contribution in [0.25, 0.3) is 0 Å². The monoisotopic (exact) mass is 174 g/mol. The van der Waals surface area contributed by atoms with E-state index in [0.29, 0.717) is 0 Å². The summed E-state index contributed by atoms with van der Waals surface area (Å²) in [6.07, 6.45) is 2.37. The molecule has 0 rings (SSSR count). The van der Waals surface area contributed by atoms with Crippen molar-refractivity contribution < 1.29 is 9.90 Å². The lowest BCUT2D eigenvalue weighted by Gasteiger charge is -2.25. The second kappa shape index (κ2) is 5.55. The van der Waals surface area contributed by atoms with Gasteiger partial charge < -0.3 is 0 Å². The average Bonchev–Trinajstić information content (AvgIpc) is 1.84. The Labute approximate surface area is 76.9 Å². The predicted molar refractivity (Wildman–Crippen MR) is 52.1 cm³/mol. The molecule has 0 aromatic heterocycles. The summed E-state index contributed by atoms with van der Waals surface area (Å²) in [7, 11) is 0. The van der Waals surface area contributed by atoms with E-state index in [9.17, 15) is 0 Å². The van der Waals surface area contributed by atoms with Gasteiger partial charge in [-0.25, -0.2) is 0 Å².